The maximum absolute atomic E-state index is 12.3. The number of halogens is 1. The van der Waals surface area contributed by atoms with Crippen molar-refractivity contribution in [1.29, 1.82) is 0 Å². The zero-order valence-corrected chi connectivity index (χ0v) is 11.7. The van der Waals surface area contributed by atoms with Crippen molar-refractivity contribution in [3.8, 4) is 0 Å². The van der Waals surface area contributed by atoms with Gasteiger partial charge in [-0.3, -0.25) is 9.89 Å². The second kappa shape index (κ2) is 6.20. The van der Waals surface area contributed by atoms with Gasteiger partial charge < -0.3 is 10.6 Å². The maximum Gasteiger partial charge on any atom is 0.257 e. The Balaban J connectivity index is 0.00000162. The number of hydrogen-bond donors (Lipinski definition) is 2. The Morgan fingerprint density at radius 3 is 2.94 bits per heavy atom. The van der Waals surface area contributed by atoms with Crippen LogP contribution in [0.3, 0.4) is 0 Å². The van der Waals surface area contributed by atoms with Crippen molar-refractivity contribution in [1.82, 2.24) is 15.1 Å². The predicted octanol–water partition coefficient (Wildman–Crippen LogP) is 1.34. The number of carbonyl (C=O) groups excluding carboxylic acids is 1. The number of aryl methyl sites for hydroxylation is 1. The van der Waals surface area contributed by atoms with Gasteiger partial charge in [-0.1, -0.05) is 0 Å². The molecule has 1 fully saturated rings. The molecule has 2 unspecified atom stereocenters. The molecule has 0 spiro atoms. The van der Waals surface area contributed by atoms with Crippen molar-refractivity contribution >= 4 is 18.3 Å². The number of rotatable bonds is 2. The molecule has 1 saturated heterocycles. The van der Waals surface area contributed by atoms with E-state index in [9.17, 15) is 4.79 Å². The number of aromatic amines is 1. The van der Waals surface area contributed by atoms with Crippen LogP contribution in [0.15, 0.2) is 6.20 Å². The van der Waals surface area contributed by atoms with Gasteiger partial charge in [0, 0.05) is 24.8 Å². The highest BCUT2D eigenvalue weighted by atomic mass is 35.5. The summed E-state index contributed by atoms with van der Waals surface area (Å²) in [6.45, 7) is 5.47. The summed E-state index contributed by atoms with van der Waals surface area (Å²) in [5, 5.41) is 6.69. The second-order valence-corrected chi connectivity index (χ2v) is 4.92. The first-order valence-corrected chi connectivity index (χ1v) is 6.14. The van der Waals surface area contributed by atoms with Gasteiger partial charge in [-0.25, -0.2) is 0 Å². The summed E-state index contributed by atoms with van der Waals surface area (Å²) in [5.41, 5.74) is 7.43. The molecule has 18 heavy (non-hydrogen) atoms. The van der Waals surface area contributed by atoms with Gasteiger partial charge in [-0.05, 0) is 32.6 Å². The predicted molar refractivity (Wildman–Crippen MR) is 72.8 cm³/mol. The first-order chi connectivity index (χ1) is 8.09. The minimum atomic E-state index is 0. The van der Waals surface area contributed by atoms with Crippen LogP contribution in [0.5, 0.6) is 0 Å². The van der Waals surface area contributed by atoms with Gasteiger partial charge >= 0.3 is 0 Å². The average Bonchev–Trinajstić information content (AvgIpc) is 2.74. The van der Waals surface area contributed by atoms with Crippen LogP contribution >= 0.6 is 12.4 Å². The molecule has 2 atom stereocenters. The minimum Gasteiger partial charge on any atom is -0.338 e. The number of carbonyl (C=O) groups is 1. The smallest absolute Gasteiger partial charge is 0.257 e. The molecule has 2 rings (SSSR count). The van der Waals surface area contributed by atoms with Crippen LogP contribution < -0.4 is 5.73 Å². The van der Waals surface area contributed by atoms with Crippen molar-refractivity contribution in [3.05, 3.63) is 17.5 Å². The number of nitrogens with one attached hydrogen (secondary N) is 1. The molecule has 0 aliphatic carbocycles. The van der Waals surface area contributed by atoms with Gasteiger partial charge in [0.1, 0.15) is 0 Å². The first-order valence-electron chi connectivity index (χ1n) is 6.14. The van der Waals surface area contributed by atoms with Crippen molar-refractivity contribution in [3.63, 3.8) is 0 Å². The summed E-state index contributed by atoms with van der Waals surface area (Å²) in [5.74, 6) is 0.488. The van der Waals surface area contributed by atoms with Gasteiger partial charge in [-0.2, -0.15) is 5.10 Å². The molecule has 0 radical (unpaired) electrons. The third-order valence-electron chi connectivity index (χ3n) is 3.55. The number of likely N-dealkylation sites (tertiary alicyclic amines) is 1. The molecular weight excluding hydrogens is 252 g/mol. The van der Waals surface area contributed by atoms with Crippen molar-refractivity contribution < 1.29 is 4.79 Å². The molecule has 0 bridgehead atoms. The fourth-order valence-electron chi connectivity index (χ4n) is 2.36. The summed E-state index contributed by atoms with van der Waals surface area (Å²) in [6, 6.07) is 0.149. The van der Waals surface area contributed by atoms with Crippen LogP contribution in [0.1, 0.15) is 35.8 Å². The summed E-state index contributed by atoms with van der Waals surface area (Å²) in [4.78, 5) is 14.2. The van der Waals surface area contributed by atoms with Crippen LogP contribution in [0, 0.1) is 12.8 Å². The molecule has 1 aliphatic heterocycles. The number of piperidine rings is 1. The van der Waals surface area contributed by atoms with E-state index >= 15 is 0 Å². The molecule has 1 amide bonds. The molecular formula is C12H21ClN4O. The molecule has 6 heteroatoms. The van der Waals surface area contributed by atoms with Crippen LogP contribution in [0.2, 0.25) is 0 Å². The zero-order chi connectivity index (χ0) is 12.4. The molecule has 1 aromatic rings. The number of H-pyrrole nitrogens is 1. The molecule has 2 heterocycles. The Morgan fingerprint density at radius 2 is 2.39 bits per heavy atom. The summed E-state index contributed by atoms with van der Waals surface area (Å²) < 4.78 is 0. The number of nitrogens with two attached hydrogens (primary N) is 1. The van der Waals surface area contributed by atoms with Crippen LogP contribution in [-0.2, 0) is 0 Å². The van der Waals surface area contributed by atoms with E-state index in [1.165, 1.54) is 0 Å². The van der Waals surface area contributed by atoms with E-state index in [4.69, 9.17) is 5.73 Å². The van der Waals surface area contributed by atoms with Crippen LogP contribution in [-0.4, -0.2) is 40.1 Å². The summed E-state index contributed by atoms with van der Waals surface area (Å²) in [6.07, 6.45) is 3.76. The van der Waals surface area contributed by atoms with E-state index in [-0.39, 0.29) is 24.4 Å². The second-order valence-electron chi connectivity index (χ2n) is 4.92. The number of hydrogen-bond acceptors (Lipinski definition) is 3. The zero-order valence-electron chi connectivity index (χ0n) is 10.8. The summed E-state index contributed by atoms with van der Waals surface area (Å²) in [7, 11) is 0. The van der Waals surface area contributed by atoms with E-state index in [0.29, 0.717) is 11.5 Å². The molecule has 0 aromatic carbocycles. The fraction of sp³-hybridized carbons (Fsp3) is 0.667. The summed E-state index contributed by atoms with van der Waals surface area (Å²) >= 11 is 0. The van der Waals surface area contributed by atoms with E-state index in [2.05, 4.69) is 10.2 Å². The topological polar surface area (TPSA) is 75.0 Å². The Labute approximate surface area is 114 Å². The SMILES string of the molecule is Cc1[nH]ncc1C(=O)N1CCCC(C(C)N)C1.Cl. The highest BCUT2D eigenvalue weighted by Crippen LogP contribution is 2.20. The molecule has 1 aliphatic rings. The number of nitrogens with zero attached hydrogens (tertiary/aromatic N) is 2. The van der Waals surface area contributed by atoms with Gasteiger partial charge in [0.15, 0.2) is 0 Å². The van der Waals surface area contributed by atoms with Crippen LogP contribution in [0.4, 0.5) is 0 Å². The molecule has 0 saturated carbocycles. The Kier molecular flexibility index (Phi) is 5.16. The van der Waals surface area contributed by atoms with E-state index in [0.717, 1.165) is 31.6 Å². The molecule has 102 valence electrons. The number of aromatic nitrogens is 2. The quantitative estimate of drug-likeness (QED) is 0.853. The normalized spacial score (nSPS) is 21.3. The fourth-order valence-corrected chi connectivity index (χ4v) is 2.36. The maximum atomic E-state index is 12.3. The van der Waals surface area contributed by atoms with Gasteiger partial charge in [0.25, 0.3) is 5.91 Å². The Morgan fingerprint density at radius 1 is 1.67 bits per heavy atom. The lowest BCUT2D eigenvalue weighted by molar-refractivity contribution is 0.0660. The standard InChI is InChI=1S/C12H20N4O.ClH/c1-8(13)10-4-3-5-16(7-10)12(17)11-6-14-15-9(11)2;/h6,8,10H,3-5,7,13H2,1-2H3,(H,14,15);1H. The lowest BCUT2D eigenvalue weighted by Crippen LogP contribution is -2.45. The van der Waals surface area contributed by atoms with Gasteiger partial charge in [0.2, 0.25) is 0 Å². The molecule has 5 nitrogen and oxygen atoms in total. The third kappa shape index (κ3) is 3.03. The molecule has 1 aromatic heterocycles. The number of amides is 1. The average molecular weight is 273 g/mol. The lowest BCUT2D eigenvalue weighted by Gasteiger charge is -2.34. The lowest BCUT2D eigenvalue weighted by atomic mass is 9.92. The highest BCUT2D eigenvalue weighted by molar-refractivity contribution is 5.95. The Hall–Kier alpha value is -1.07. The Bertz CT molecular complexity index is 405. The monoisotopic (exact) mass is 272 g/mol. The van der Waals surface area contributed by atoms with Crippen molar-refractivity contribution in [2.24, 2.45) is 11.7 Å². The minimum absolute atomic E-state index is 0. The largest absolute Gasteiger partial charge is 0.338 e. The third-order valence-corrected chi connectivity index (χ3v) is 3.55. The van der Waals surface area contributed by atoms with E-state index < -0.39 is 0 Å². The highest BCUT2D eigenvalue weighted by Gasteiger charge is 2.27. The molecule has 3 N–H and O–H groups in total. The van der Waals surface area contributed by atoms with E-state index in [1.807, 2.05) is 18.7 Å². The first kappa shape index (κ1) is 15.0. The van der Waals surface area contributed by atoms with Crippen molar-refractivity contribution in [2.45, 2.75) is 32.7 Å². The van der Waals surface area contributed by atoms with Crippen LogP contribution in [0.25, 0.3) is 0 Å². The van der Waals surface area contributed by atoms with Gasteiger partial charge in [-0.15, -0.1) is 12.4 Å². The van der Waals surface area contributed by atoms with Crippen molar-refractivity contribution in [2.75, 3.05) is 13.1 Å². The van der Waals surface area contributed by atoms with E-state index in [1.54, 1.807) is 6.20 Å². The van der Waals surface area contributed by atoms with Gasteiger partial charge in [0.05, 0.1) is 11.8 Å².